The van der Waals surface area contributed by atoms with E-state index in [2.05, 4.69) is 16.5 Å². The van der Waals surface area contributed by atoms with Gasteiger partial charge in [-0.25, -0.2) is 0 Å². The van der Waals surface area contributed by atoms with Crippen molar-refractivity contribution >= 4 is 5.91 Å². The van der Waals surface area contributed by atoms with E-state index in [1.807, 2.05) is 25.2 Å². The average molecular weight is 255 g/mol. The van der Waals surface area contributed by atoms with Gasteiger partial charge in [-0.2, -0.15) is 0 Å². The predicted octanol–water partition coefficient (Wildman–Crippen LogP) is 2.20. The monoisotopic (exact) mass is 255 g/mol. The van der Waals surface area contributed by atoms with Crippen LogP contribution in [0.25, 0.3) is 11.3 Å². The van der Waals surface area contributed by atoms with Gasteiger partial charge in [0.1, 0.15) is 0 Å². The van der Waals surface area contributed by atoms with Gasteiger partial charge in [0, 0.05) is 55.9 Å². The van der Waals surface area contributed by atoms with Gasteiger partial charge in [-0.15, -0.1) is 0 Å². The Morgan fingerprint density at radius 3 is 2.74 bits per heavy atom. The van der Waals surface area contributed by atoms with Crippen LogP contribution in [0.2, 0.25) is 0 Å². The van der Waals surface area contributed by atoms with Crippen molar-refractivity contribution in [1.29, 1.82) is 0 Å². The zero-order valence-corrected chi connectivity index (χ0v) is 11.3. The first-order valence-corrected chi connectivity index (χ1v) is 6.60. The van der Waals surface area contributed by atoms with Crippen LogP contribution in [-0.2, 0) is 13.0 Å². The molecule has 19 heavy (non-hydrogen) atoms. The minimum atomic E-state index is 0.128. The molecule has 0 saturated carbocycles. The molecule has 0 unspecified atom stereocenters. The molecule has 0 aromatic carbocycles. The highest BCUT2D eigenvalue weighted by Crippen LogP contribution is 2.29. The van der Waals surface area contributed by atoms with Gasteiger partial charge < -0.3 is 9.47 Å². The molecule has 1 amide bonds. The maximum absolute atomic E-state index is 12.2. The maximum atomic E-state index is 12.2. The summed E-state index contributed by atoms with van der Waals surface area (Å²) in [4.78, 5) is 18.1. The van der Waals surface area contributed by atoms with Gasteiger partial charge in [-0.3, -0.25) is 9.78 Å². The lowest BCUT2D eigenvalue weighted by atomic mass is 10.1. The van der Waals surface area contributed by atoms with Crippen molar-refractivity contribution < 1.29 is 4.79 Å². The predicted molar refractivity (Wildman–Crippen MR) is 74.0 cm³/mol. The fraction of sp³-hybridized carbons (Fsp3) is 0.333. The molecular weight excluding hydrogens is 238 g/mol. The van der Waals surface area contributed by atoms with Crippen molar-refractivity contribution in [1.82, 2.24) is 14.5 Å². The van der Waals surface area contributed by atoms with Crippen molar-refractivity contribution in [2.24, 2.45) is 0 Å². The summed E-state index contributed by atoms with van der Waals surface area (Å²) >= 11 is 0. The molecule has 0 aliphatic carbocycles. The highest BCUT2D eigenvalue weighted by atomic mass is 16.2. The van der Waals surface area contributed by atoms with Gasteiger partial charge in [0.2, 0.25) is 0 Å². The summed E-state index contributed by atoms with van der Waals surface area (Å²) in [6, 6.07) is 5.99. The second-order valence-corrected chi connectivity index (χ2v) is 4.85. The van der Waals surface area contributed by atoms with E-state index >= 15 is 0 Å². The molecule has 3 rings (SSSR count). The zero-order chi connectivity index (χ0) is 13.4. The van der Waals surface area contributed by atoms with Crippen LogP contribution in [0, 0.1) is 0 Å². The number of carbonyl (C=O) groups is 1. The summed E-state index contributed by atoms with van der Waals surface area (Å²) < 4.78 is 2.25. The highest BCUT2D eigenvalue weighted by Gasteiger charge is 2.26. The third-order valence-corrected chi connectivity index (χ3v) is 3.76. The topological polar surface area (TPSA) is 38.1 Å². The SMILES string of the molecule is CCn1c(-c2ccncc2)cc2c1CCN(C)C2=O. The number of hydrogen-bond acceptors (Lipinski definition) is 2. The number of carbonyl (C=O) groups excluding carboxylic acids is 1. The van der Waals surface area contributed by atoms with Crippen molar-refractivity contribution in [3.63, 3.8) is 0 Å². The van der Waals surface area contributed by atoms with Crippen LogP contribution in [-0.4, -0.2) is 34.0 Å². The Kier molecular flexibility index (Phi) is 2.85. The molecule has 0 N–H and O–H groups in total. The van der Waals surface area contributed by atoms with Crippen molar-refractivity contribution in [3.8, 4) is 11.3 Å². The van der Waals surface area contributed by atoms with E-state index < -0.39 is 0 Å². The third kappa shape index (κ3) is 1.84. The first-order chi connectivity index (χ1) is 9.22. The summed E-state index contributed by atoms with van der Waals surface area (Å²) in [5, 5.41) is 0. The maximum Gasteiger partial charge on any atom is 0.255 e. The minimum Gasteiger partial charge on any atom is -0.344 e. The number of fused-ring (bicyclic) bond motifs is 1. The fourth-order valence-electron chi connectivity index (χ4n) is 2.75. The van der Waals surface area contributed by atoms with Crippen LogP contribution >= 0.6 is 0 Å². The van der Waals surface area contributed by atoms with E-state index in [1.165, 1.54) is 0 Å². The highest BCUT2D eigenvalue weighted by molar-refractivity contribution is 5.97. The van der Waals surface area contributed by atoms with Gasteiger partial charge in [0.15, 0.2) is 0 Å². The molecule has 98 valence electrons. The Hall–Kier alpha value is -2.10. The lowest BCUT2D eigenvalue weighted by molar-refractivity contribution is 0.0779. The summed E-state index contributed by atoms with van der Waals surface area (Å²) in [5.74, 6) is 0.128. The number of hydrogen-bond donors (Lipinski definition) is 0. The average Bonchev–Trinajstić information content (AvgIpc) is 2.83. The van der Waals surface area contributed by atoms with E-state index in [1.54, 1.807) is 17.3 Å². The van der Waals surface area contributed by atoms with Gasteiger partial charge in [-0.1, -0.05) is 0 Å². The summed E-state index contributed by atoms with van der Waals surface area (Å²) in [7, 11) is 1.86. The molecule has 1 aliphatic heterocycles. The van der Waals surface area contributed by atoms with E-state index in [0.29, 0.717) is 0 Å². The molecule has 2 aromatic rings. The van der Waals surface area contributed by atoms with Gasteiger partial charge >= 0.3 is 0 Å². The van der Waals surface area contributed by atoms with Crippen LogP contribution in [0.1, 0.15) is 23.0 Å². The van der Waals surface area contributed by atoms with Crippen molar-refractivity contribution in [2.45, 2.75) is 19.9 Å². The Morgan fingerprint density at radius 1 is 1.32 bits per heavy atom. The Labute approximate surface area is 112 Å². The quantitative estimate of drug-likeness (QED) is 0.825. The van der Waals surface area contributed by atoms with Gasteiger partial charge in [0.05, 0.1) is 5.56 Å². The van der Waals surface area contributed by atoms with E-state index in [-0.39, 0.29) is 5.91 Å². The Balaban J connectivity index is 2.17. The third-order valence-electron chi connectivity index (χ3n) is 3.76. The molecule has 0 atom stereocenters. The molecule has 0 spiro atoms. The van der Waals surface area contributed by atoms with Gasteiger partial charge in [-0.05, 0) is 25.1 Å². The lowest BCUT2D eigenvalue weighted by Gasteiger charge is -2.23. The van der Waals surface area contributed by atoms with Crippen LogP contribution in [0.15, 0.2) is 30.6 Å². The number of amides is 1. The largest absolute Gasteiger partial charge is 0.344 e. The van der Waals surface area contributed by atoms with Gasteiger partial charge in [0.25, 0.3) is 5.91 Å². The number of pyridine rings is 1. The minimum absolute atomic E-state index is 0.128. The smallest absolute Gasteiger partial charge is 0.255 e. The zero-order valence-electron chi connectivity index (χ0n) is 11.3. The molecule has 3 heterocycles. The Morgan fingerprint density at radius 2 is 2.05 bits per heavy atom. The summed E-state index contributed by atoms with van der Waals surface area (Å²) in [6.07, 6.45) is 4.50. The van der Waals surface area contributed by atoms with E-state index in [9.17, 15) is 4.79 Å². The van der Waals surface area contributed by atoms with Crippen LogP contribution < -0.4 is 0 Å². The number of likely N-dealkylation sites (N-methyl/N-ethyl adjacent to an activating group) is 1. The number of nitrogens with zero attached hydrogens (tertiary/aromatic N) is 3. The molecule has 1 aliphatic rings. The normalized spacial score (nSPS) is 14.6. The molecule has 0 fully saturated rings. The molecule has 0 bridgehead atoms. The fourth-order valence-corrected chi connectivity index (χ4v) is 2.75. The van der Waals surface area contributed by atoms with Crippen molar-refractivity contribution in [2.75, 3.05) is 13.6 Å². The van der Waals surface area contributed by atoms with Crippen LogP contribution in [0.3, 0.4) is 0 Å². The van der Waals surface area contributed by atoms with E-state index in [4.69, 9.17) is 0 Å². The standard InChI is InChI=1S/C15H17N3O/c1-3-18-13-6-9-17(2)15(19)12(13)10-14(18)11-4-7-16-8-5-11/h4-5,7-8,10H,3,6,9H2,1-2H3. The first kappa shape index (κ1) is 12.0. The number of aromatic nitrogens is 2. The summed E-state index contributed by atoms with van der Waals surface area (Å²) in [5.41, 5.74) is 4.24. The summed E-state index contributed by atoms with van der Waals surface area (Å²) in [6.45, 7) is 3.80. The lowest BCUT2D eigenvalue weighted by Crippen LogP contribution is -2.34. The van der Waals surface area contributed by atoms with Crippen LogP contribution in [0.4, 0.5) is 0 Å². The second-order valence-electron chi connectivity index (χ2n) is 4.85. The number of rotatable bonds is 2. The van der Waals surface area contributed by atoms with Crippen LogP contribution in [0.5, 0.6) is 0 Å². The molecule has 4 heteroatoms. The molecule has 4 nitrogen and oxygen atoms in total. The molecular formula is C15H17N3O. The van der Waals surface area contributed by atoms with E-state index in [0.717, 1.165) is 42.0 Å². The Bertz CT molecular complexity index is 616. The molecule has 0 saturated heterocycles. The first-order valence-electron chi connectivity index (χ1n) is 6.60. The van der Waals surface area contributed by atoms with Crippen molar-refractivity contribution in [3.05, 3.63) is 41.9 Å². The molecule has 2 aromatic heterocycles. The molecule has 0 radical (unpaired) electrons. The second kappa shape index (κ2) is 4.53.